The SMILES string of the molecule is C[C@]12CC=C(OC(=O)c3ccc4occc4c3)C(=O)[C@@H]1[C@@]1(C)C[C@@H](c3ccoc3)OC(=O)[C@]1(C)CC2. The van der Waals surface area contributed by atoms with E-state index in [9.17, 15) is 14.4 Å². The van der Waals surface area contributed by atoms with Gasteiger partial charge < -0.3 is 18.3 Å². The Balaban J connectivity index is 1.34. The highest BCUT2D eigenvalue weighted by atomic mass is 16.6. The molecule has 1 saturated carbocycles. The number of hydrogen-bond donors (Lipinski definition) is 0. The molecule has 5 atom stereocenters. The molecule has 0 N–H and O–H groups in total. The third-order valence-electron chi connectivity index (χ3n) is 9.16. The number of rotatable bonds is 3. The van der Waals surface area contributed by atoms with Crippen molar-refractivity contribution in [3.63, 3.8) is 0 Å². The standard InChI is InChI=1S/C29H28O7/c1-27-9-6-21(35-25(31)18-4-5-20-17(14-18)8-13-34-20)23(30)24(27)29(3)15-22(19-7-12-33-16-19)36-26(32)28(29,2)11-10-27/h4-8,12-14,16,22,24H,9-11,15H2,1-3H3/t22-,24-,27+,28-,29+/m0/s1. The van der Waals surface area contributed by atoms with Crippen molar-refractivity contribution >= 4 is 28.7 Å². The average molecular weight is 489 g/mol. The Labute approximate surface area is 208 Å². The number of Topliss-reactive ketones (excluding diaryl/α,β-unsaturated/α-hetero) is 1. The van der Waals surface area contributed by atoms with Gasteiger partial charge in [-0.3, -0.25) is 9.59 Å². The van der Waals surface area contributed by atoms with Gasteiger partial charge in [0.2, 0.25) is 5.78 Å². The van der Waals surface area contributed by atoms with Gasteiger partial charge in [-0.05, 0) is 79.8 Å². The summed E-state index contributed by atoms with van der Waals surface area (Å²) in [4.78, 5) is 40.5. The molecule has 186 valence electrons. The number of allylic oxidation sites excluding steroid dienone is 2. The van der Waals surface area contributed by atoms with Crippen molar-refractivity contribution < 1.29 is 32.7 Å². The summed E-state index contributed by atoms with van der Waals surface area (Å²) in [6.07, 6.45) is 8.35. The van der Waals surface area contributed by atoms with Gasteiger partial charge in [-0.25, -0.2) is 4.79 Å². The van der Waals surface area contributed by atoms with Crippen LogP contribution in [0.5, 0.6) is 0 Å². The number of cyclic esters (lactones) is 1. The summed E-state index contributed by atoms with van der Waals surface area (Å²) < 4.78 is 22.2. The second kappa shape index (κ2) is 7.69. The molecule has 2 aliphatic carbocycles. The third kappa shape index (κ3) is 3.14. The van der Waals surface area contributed by atoms with Gasteiger partial charge in [0.1, 0.15) is 11.7 Å². The van der Waals surface area contributed by atoms with E-state index in [-0.39, 0.29) is 22.9 Å². The van der Waals surface area contributed by atoms with Crippen LogP contribution in [0.25, 0.3) is 11.0 Å². The van der Waals surface area contributed by atoms with Crippen molar-refractivity contribution in [3.8, 4) is 0 Å². The van der Waals surface area contributed by atoms with Crippen LogP contribution in [0, 0.1) is 22.2 Å². The molecule has 1 saturated heterocycles. The number of benzene rings is 1. The Morgan fingerprint density at radius 3 is 2.67 bits per heavy atom. The van der Waals surface area contributed by atoms with Crippen LogP contribution >= 0.6 is 0 Å². The number of esters is 2. The van der Waals surface area contributed by atoms with Crippen molar-refractivity contribution in [2.75, 3.05) is 0 Å². The zero-order valence-corrected chi connectivity index (χ0v) is 20.5. The first-order chi connectivity index (χ1) is 17.1. The fourth-order valence-electron chi connectivity index (χ4n) is 6.80. The Morgan fingerprint density at radius 1 is 1.06 bits per heavy atom. The van der Waals surface area contributed by atoms with Crippen molar-refractivity contribution in [2.24, 2.45) is 22.2 Å². The molecular weight excluding hydrogens is 460 g/mol. The number of carbonyl (C=O) groups is 3. The topological polar surface area (TPSA) is 96.0 Å². The molecule has 2 aromatic heterocycles. The summed E-state index contributed by atoms with van der Waals surface area (Å²) in [5, 5.41) is 0.780. The van der Waals surface area contributed by atoms with Crippen molar-refractivity contribution in [1.82, 2.24) is 0 Å². The lowest BCUT2D eigenvalue weighted by molar-refractivity contribution is -0.214. The van der Waals surface area contributed by atoms with E-state index in [4.69, 9.17) is 18.3 Å². The van der Waals surface area contributed by atoms with Gasteiger partial charge in [-0.1, -0.05) is 13.8 Å². The van der Waals surface area contributed by atoms with E-state index in [1.807, 2.05) is 13.8 Å². The minimum absolute atomic E-state index is 0.0547. The Hall–Kier alpha value is -3.61. The number of ketones is 1. The molecule has 3 aromatic rings. The molecule has 0 unspecified atom stereocenters. The van der Waals surface area contributed by atoms with Crippen molar-refractivity contribution in [2.45, 2.75) is 52.6 Å². The molecule has 0 bridgehead atoms. The number of carbonyl (C=O) groups excluding carboxylic acids is 3. The molecule has 36 heavy (non-hydrogen) atoms. The predicted molar refractivity (Wildman–Crippen MR) is 129 cm³/mol. The number of hydrogen-bond acceptors (Lipinski definition) is 7. The summed E-state index contributed by atoms with van der Waals surface area (Å²) >= 11 is 0. The van der Waals surface area contributed by atoms with E-state index in [1.165, 1.54) is 0 Å². The fourth-order valence-corrected chi connectivity index (χ4v) is 6.80. The average Bonchev–Trinajstić information content (AvgIpc) is 3.54. The molecule has 0 spiro atoms. The van der Waals surface area contributed by atoms with Crippen LogP contribution in [0.4, 0.5) is 0 Å². The first kappa shape index (κ1) is 22.8. The summed E-state index contributed by atoms with van der Waals surface area (Å²) in [6, 6.07) is 8.57. The summed E-state index contributed by atoms with van der Waals surface area (Å²) in [5.41, 5.74) is -0.0934. The van der Waals surface area contributed by atoms with Gasteiger partial charge in [0.05, 0.1) is 29.8 Å². The largest absolute Gasteiger partial charge is 0.472 e. The zero-order chi connectivity index (χ0) is 25.3. The smallest absolute Gasteiger partial charge is 0.343 e. The molecule has 0 radical (unpaired) electrons. The number of ether oxygens (including phenoxy) is 2. The quantitative estimate of drug-likeness (QED) is 0.408. The van der Waals surface area contributed by atoms with Crippen molar-refractivity contribution in [3.05, 3.63) is 72.1 Å². The first-order valence-corrected chi connectivity index (χ1v) is 12.3. The summed E-state index contributed by atoms with van der Waals surface area (Å²) in [5.74, 6) is -1.56. The molecule has 3 aliphatic rings. The van der Waals surface area contributed by atoms with Gasteiger partial charge in [-0.15, -0.1) is 0 Å². The minimum Gasteiger partial charge on any atom is -0.472 e. The lowest BCUT2D eigenvalue weighted by Crippen LogP contribution is -2.63. The zero-order valence-electron chi connectivity index (χ0n) is 20.5. The molecule has 6 rings (SSSR count). The van der Waals surface area contributed by atoms with E-state index in [0.717, 1.165) is 10.9 Å². The Bertz CT molecular complexity index is 1410. The summed E-state index contributed by atoms with van der Waals surface area (Å²) in [6.45, 7) is 6.05. The fraction of sp³-hybridized carbons (Fsp3) is 0.414. The highest BCUT2D eigenvalue weighted by molar-refractivity contribution is 6.03. The highest BCUT2D eigenvalue weighted by Crippen LogP contribution is 2.68. The molecular formula is C29H28O7. The molecule has 0 amide bonds. The summed E-state index contributed by atoms with van der Waals surface area (Å²) in [7, 11) is 0. The molecule has 1 aromatic carbocycles. The van der Waals surface area contributed by atoms with Gasteiger partial charge in [0, 0.05) is 16.9 Å². The van der Waals surface area contributed by atoms with Crippen LogP contribution in [0.2, 0.25) is 0 Å². The second-order valence-electron chi connectivity index (χ2n) is 11.2. The maximum absolute atomic E-state index is 14.1. The van der Waals surface area contributed by atoms with E-state index in [1.54, 1.807) is 55.2 Å². The van der Waals surface area contributed by atoms with Crippen molar-refractivity contribution in [1.29, 1.82) is 0 Å². The normalized spacial score (nSPS) is 33.9. The van der Waals surface area contributed by atoms with Crippen LogP contribution in [0.1, 0.15) is 68.5 Å². The number of furan rings is 2. The lowest BCUT2D eigenvalue weighted by Gasteiger charge is -2.62. The van der Waals surface area contributed by atoms with Crippen LogP contribution < -0.4 is 0 Å². The predicted octanol–water partition coefficient (Wildman–Crippen LogP) is 6.16. The molecule has 1 aliphatic heterocycles. The Morgan fingerprint density at radius 2 is 1.89 bits per heavy atom. The van der Waals surface area contributed by atoms with E-state index >= 15 is 0 Å². The van der Waals surface area contributed by atoms with Crippen LogP contribution in [0.15, 0.2) is 69.8 Å². The minimum atomic E-state index is -0.828. The monoisotopic (exact) mass is 488 g/mol. The van der Waals surface area contributed by atoms with E-state index < -0.39 is 28.8 Å². The molecule has 7 heteroatoms. The lowest BCUT2D eigenvalue weighted by atomic mass is 9.41. The van der Waals surface area contributed by atoms with Crippen LogP contribution in [-0.4, -0.2) is 17.7 Å². The van der Waals surface area contributed by atoms with Gasteiger partial charge in [0.25, 0.3) is 0 Å². The van der Waals surface area contributed by atoms with Gasteiger partial charge in [0.15, 0.2) is 5.76 Å². The van der Waals surface area contributed by atoms with Crippen LogP contribution in [-0.2, 0) is 19.1 Å². The maximum atomic E-state index is 14.1. The van der Waals surface area contributed by atoms with E-state index in [0.29, 0.717) is 36.8 Å². The molecule has 3 heterocycles. The number of fused-ring (bicyclic) bond motifs is 4. The maximum Gasteiger partial charge on any atom is 0.343 e. The first-order valence-electron chi connectivity index (χ1n) is 12.3. The van der Waals surface area contributed by atoms with Gasteiger partial charge >= 0.3 is 11.9 Å². The van der Waals surface area contributed by atoms with E-state index in [2.05, 4.69) is 6.92 Å². The Kier molecular flexibility index (Phi) is 4.88. The third-order valence-corrected chi connectivity index (χ3v) is 9.16. The molecule has 2 fully saturated rings. The van der Waals surface area contributed by atoms with Gasteiger partial charge in [-0.2, -0.15) is 0 Å². The van der Waals surface area contributed by atoms with Crippen LogP contribution in [0.3, 0.4) is 0 Å². The second-order valence-corrected chi connectivity index (χ2v) is 11.2. The highest BCUT2D eigenvalue weighted by Gasteiger charge is 2.68. The molecule has 7 nitrogen and oxygen atoms in total.